The van der Waals surface area contributed by atoms with Crippen molar-refractivity contribution in [2.45, 2.75) is 32.1 Å². The fourth-order valence-electron chi connectivity index (χ4n) is 2.07. The van der Waals surface area contributed by atoms with Crippen molar-refractivity contribution in [1.82, 2.24) is 4.98 Å². The third kappa shape index (κ3) is 4.29. The lowest BCUT2D eigenvalue weighted by atomic mass is 10.0. The smallest absolute Gasteiger partial charge is 0.263 e. The fraction of sp³-hybridized carbons (Fsp3) is 0.312. The Morgan fingerprint density at radius 1 is 1.10 bits per heavy atom. The van der Waals surface area contributed by atoms with Gasteiger partial charge in [0.05, 0.1) is 4.90 Å². The van der Waals surface area contributed by atoms with E-state index in [1.165, 1.54) is 0 Å². The fourth-order valence-corrected chi connectivity index (χ4v) is 3.07. The third-order valence-electron chi connectivity index (χ3n) is 3.00. The van der Waals surface area contributed by atoms with Crippen LogP contribution >= 0.6 is 0 Å². The molecule has 0 radical (unpaired) electrons. The highest BCUT2D eigenvalue weighted by Crippen LogP contribution is 2.16. The van der Waals surface area contributed by atoms with Crippen molar-refractivity contribution in [1.29, 1.82) is 0 Å². The van der Waals surface area contributed by atoms with Gasteiger partial charge in [0.25, 0.3) is 10.0 Å². The van der Waals surface area contributed by atoms with Gasteiger partial charge in [-0.1, -0.05) is 32.0 Å². The maximum absolute atomic E-state index is 12.3. The van der Waals surface area contributed by atoms with Gasteiger partial charge in [-0.05, 0) is 49.1 Å². The summed E-state index contributed by atoms with van der Waals surface area (Å²) in [6.45, 7) is 6.09. The molecule has 21 heavy (non-hydrogen) atoms. The average molecular weight is 304 g/mol. The van der Waals surface area contributed by atoms with Gasteiger partial charge in [-0.2, -0.15) is 0 Å². The predicted octanol–water partition coefficient (Wildman–Crippen LogP) is 3.39. The van der Waals surface area contributed by atoms with E-state index in [0.717, 1.165) is 17.7 Å². The van der Waals surface area contributed by atoms with Crippen LogP contribution in [0.5, 0.6) is 0 Å². The second-order valence-electron chi connectivity index (χ2n) is 5.51. The zero-order valence-corrected chi connectivity index (χ0v) is 13.3. The van der Waals surface area contributed by atoms with Crippen LogP contribution in [0.4, 0.5) is 5.82 Å². The molecule has 1 N–H and O–H groups in total. The molecule has 0 bridgehead atoms. The van der Waals surface area contributed by atoms with Gasteiger partial charge in [-0.3, -0.25) is 4.72 Å². The van der Waals surface area contributed by atoms with Crippen LogP contribution < -0.4 is 4.72 Å². The van der Waals surface area contributed by atoms with Gasteiger partial charge in [-0.15, -0.1) is 0 Å². The number of benzene rings is 1. The van der Waals surface area contributed by atoms with Gasteiger partial charge in [0.15, 0.2) is 0 Å². The number of nitrogens with one attached hydrogen (secondary N) is 1. The van der Waals surface area contributed by atoms with Crippen LogP contribution in [-0.4, -0.2) is 13.4 Å². The first-order chi connectivity index (χ1) is 9.87. The van der Waals surface area contributed by atoms with E-state index in [4.69, 9.17) is 0 Å². The highest BCUT2D eigenvalue weighted by atomic mass is 32.2. The van der Waals surface area contributed by atoms with Crippen molar-refractivity contribution in [2.24, 2.45) is 5.92 Å². The summed E-state index contributed by atoms with van der Waals surface area (Å²) in [5.41, 5.74) is 1.90. The number of nitrogens with zero attached hydrogens (tertiary/aromatic N) is 1. The number of rotatable bonds is 5. The van der Waals surface area contributed by atoms with Crippen LogP contribution in [-0.2, 0) is 16.4 Å². The first kappa shape index (κ1) is 15.5. The molecule has 0 spiro atoms. The summed E-state index contributed by atoms with van der Waals surface area (Å²) < 4.78 is 27.1. The molecular weight excluding hydrogens is 284 g/mol. The summed E-state index contributed by atoms with van der Waals surface area (Å²) in [6.07, 6.45) is 0.938. The molecule has 1 heterocycles. The Bertz CT molecular complexity index is 707. The molecule has 112 valence electrons. The molecule has 2 rings (SSSR count). The Hall–Kier alpha value is -1.88. The summed E-state index contributed by atoms with van der Waals surface area (Å²) in [5.74, 6) is 0.878. The van der Waals surface area contributed by atoms with Gasteiger partial charge in [0.2, 0.25) is 0 Å². The van der Waals surface area contributed by atoms with Crippen molar-refractivity contribution in [3.8, 4) is 0 Å². The monoisotopic (exact) mass is 304 g/mol. The van der Waals surface area contributed by atoms with E-state index < -0.39 is 10.0 Å². The Morgan fingerprint density at radius 2 is 1.76 bits per heavy atom. The molecule has 0 fully saturated rings. The molecule has 2 aromatic rings. The summed E-state index contributed by atoms with van der Waals surface area (Å²) in [7, 11) is -3.59. The maximum atomic E-state index is 12.3. The maximum Gasteiger partial charge on any atom is 0.263 e. The molecule has 0 saturated heterocycles. The van der Waals surface area contributed by atoms with Crippen molar-refractivity contribution in [3.05, 3.63) is 53.7 Å². The van der Waals surface area contributed by atoms with Gasteiger partial charge in [0.1, 0.15) is 5.82 Å². The van der Waals surface area contributed by atoms with Crippen LogP contribution in [0.25, 0.3) is 0 Å². The van der Waals surface area contributed by atoms with E-state index in [9.17, 15) is 8.42 Å². The summed E-state index contributed by atoms with van der Waals surface area (Å²) in [5, 5.41) is 0. The summed E-state index contributed by atoms with van der Waals surface area (Å²) in [4.78, 5) is 4.40. The molecule has 0 aliphatic rings. The first-order valence-corrected chi connectivity index (χ1v) is 8.40. The Kier molecular flexibility index (Phi) is 4.63. The number of aromatic nitrogens is 1. The largest absolute Gasteiger partial charge is 0.263 e. The van der Waals surface area contributed by atoms with Crippen LogP contribution in [0.3, 0.4) is 0 Å². The first-order valence-electron chi connectivity index (χ1n) is 6.92. The lowest BCUT2D eigenvalue weighted by molar-refractivity contribution is 0.601. The van der Waals surface area contributed by atoms with Gasteiger partial charge >= 0.3 is 0 Å². The molecule has 1 aromatic carbocycles. The van der Waals surface area contributed by atoms with Crippen molar-refractivity contribution < 1.29 is 8.42 Å². The molecular formula is C16H20N2O2S. The minimum absolute atomic E-state index is 0.248. The Morgan fingerprint density at radius 3 is 2.33 bits per heavy atom. The van der Waals surface area contributed by atoms with Crippen LogP contribution in [0.1, 0.15) is 25.1 Å². The number of aryl methyl sites for hydroxylation is 1. The standard InChI is InChI=1S/C16H20N2O2S/c1-12(2)11-14-7-9-15(10-8-14)21(19,20)18-16-6-4-5-13(3)17-16/h4-10,12H,11H2,1-3H3,(H,17,18). The number of anilines is 1. The zero-order valence-electron chi connectivity index (χ0n) is 12.5. The molecule has 4 nitrogen and oxygen atoms in total. The highest BCUT2D eigenvalue weighted by molar-refractivity contribution is 7.92. The van der Waals surface area contributed by atoms with Gasteiger partial charge < -0.3 is 0 Å². The van der Waals surface area contributed by atoms with Gasteiger partial charge in [0, 0.05) is 5.69 Å². The SMILES string of the molecule is Cc1cccc(NS(=O)(=O)c2ccc(CC(C)C)cc2)n1. The van der Waals surface area contributed by atoms with Crippen LogP contribution in [0.15, 0.2) is 47.4 Å². The molecule has 0 saturated carbocycles. The van der Waals surface area contributed by atoms with E-state index >= 15 is 0 Å². The molecule has 1 aromatic heterocycles. The van der Waals surface area contributed by atoms with Crippen molar-refractivity contribution in [3.63, 3.8) is 0 Å². The molecule has 0 aliphatic carbocycles. The number of hydrogen-bond acceptors (Lipinski definition) is 3. The third-order valence-corrected chi connectivity index (χ3v) is 4.38. The Balaban J connectivity index is 2.19. The normalized spacial score (nSPS) is 11.6. The van der Waals surface area contributed by atoms with Crippen molar-refractivity contribution >= 4 is 15.8 Å². The van der Waals surface area contributed by atoms with E-state index in [1.54, 1.807) is 24.3 Å². The zero-order chi connectivity index (χ0) is 15.5. The van der Waals surface area contributed by atoms with E-state index in [-0.39, 0.29) is 4.90 Å². The highest BCUT2D eigenvalue weighted by Gasteiger charge is 2.14. The van der Waals surface area contributed by atoms with Crippen molar-refractivity contribution in [2.75, 3.05) is 4.72 Å². The second-order valence-corrected chi connectivity index (χ2v) is 7.19. The topological polar surface area (TPSA) is 59.1 Å². The minimum Gasteiger partial charge on any atom is -0.263 e. The van der Waals surface area contributed by atoms with Gasteiger partial charge in [-0.25, -0.2) is 13.4 Å². The predicted molar refractivity (Wildman–Crippen MR) is 84.8 cm³/mol. The van der Waals surface area contributed by atoms with E-state index in [1.807, 2.05) is 25.1 Å². The lowest BCUT2D eigenvalue weighted by Crippen LogP contribution is -2.14. The minimum atomic E-state index is -3.59. The van der Waals surface area contributed by atoms with Crippen LogP contribution in [0.2, 0.25) is 0 Å². The lowest BCUT2D eigenvalue weighted by Gasteiger charge is -2.09. The second kappa shape index (κ2) is 6.26. The average Bonchev–Trinajstić information content (AvgIpc) is 2.38. The number of sulfonamides is 1. The molecule has 0 unspecified atom stereocenters. The van der Waals surface area contributed by atoms with E-state index in [2.05, 4.69) is 23.6 Å². The Labute approximate surface area is 126 Å². The number of pyridine rings is 1. The number of hydrogen-bond donors (Lipinski definition) is 1. The summed E-state index contributed by atoms with van der Waals surface area (Å²) in [6, 6.07) is 12.2. The van der Waals surface area contributed by atoms with Crippen LogP contribution in [0, 0.1) is 12.8 Å². The molecule has 0 amide bonds. The molecule has 0 atom stereocenters. The summed E-state index contributed by atoms with van der Waals surface area (Å²) >= 11 is 0. The quantitative estimate of drug-likeness (QED) is 0.921. The molecule has 0 aliphatic heterocycles. The van der Waals surface area contributed by atoms with E-state index in [0.29, 0.717) is 11.7 Å². The molecule has 5 heteroatoms.